The summed E-state index contributed by atoms with van der Waals surface area (Å²) < 4.78 is 67.6. The van der Waals surface area contributed by atoms with Crippen LogP contribution in [0.15, 0.2) is 30.5 Å². The van der Waals surface area contributed by atoms with Gasteiger partial charge in [-0.1, -0.05) is 0 Å². The monoisotopic (exact) mass is 527 g/mol. The number of aromatic nitrogens is 1. The molecule has 2 aromatic rings. The number of carbonyl (C=O) groups excluding carboxylic acids is 3. The first kappa shape index (κ1) is 25.2. The van der Waals surface area contributed by atoms with Crippen LogP contribution in [0.1, 0.15) is 25.0 Å². The Bertz CT molecular complexity index is 1390. The minimum atomic E-state index is -5.12. The number of pyridine rings is 1. The van der Waals surface area contributed by atoms with Crippen molar-refractivity contribution in [3.05, 3.63) is 41.6 Å². The van der Waals surface area contributed by atoms with E-state index >= 15 is 0 Å². The van der Waals surface area contributed by atoms with Gasteiger partial charge in [0.05, 0.1) is 24.1 Å². The first-order valence-corrected chi connectivity index (χ1v) is 12.3. The SMILES string of the molecule is CC1(C)C(=O)N(c2ccc(OC(F)(F)F)c(NS(C)(=O)=O)c2)C(=O)N1Cc1ccnc2c1CC(=O)N2. The molecule has 0 radical (unpaired) electrons. The summed E-state index contributed by atoms with van der Waals surface area (Å²) in [5, 5.41) is 2.61. The number of urea groups is 1. The van der Waals surface area contributed by atoms with E-state index in [0.717, 1.165) is 29.4 Å². The normalized spacial score (nSPS) is 17.3. The summed E-state index contributed by atoms with van der Waals surface area (Å²) in [6, 6.07) is 3.58. The van der Waals surface area contributed by atoms with Crippen molar-refractivity contribution in [2.45, 2.75) is 38.7 Å². The van der Waals surface area contributed by atoms with Gasteiger partial charge >= 0.3 is 12.4 Å². The van der Waals surface area contributed by atoms with Crippen LogP contribution in [0.3, 0.4) is 0 Å². The fourth-order valence-corrected chi connectivity index (χ4v) is 4.53. The lowest BCUT2D eigenvalue weighted by atomic mass is 10.0. The highest BCUT2D eigenvalue weighted by Gasteiger charge is 2.52. The zero-order chi connectivity index (χ0) is 26.6. The van der Waals surface area contributed by atoms with Gasteiger partial charge in [-0.05, 0) is 43.7 Å². The highest BCUT2D eigenvalue weighted by molar-refractivity contribution is 7.92. The summed E-state index contributed by atoms with van der Waals surface area (Å²) >= 11 is 0. The molecular weight excluding hydrogens is 507 g/mol. The number of imide groups is 1. The number of nitrogens with one attached hydrogen (secondary N) is 2. The van der Waals surface area contributed by atoms with Crippen LogP contribution in [-0.4, -0.2) is 54.3 Å². The number of carbonyl (C=O) groups is 3. The molecule has 192 valence electrons. The number of sulfonamides is 1. The van der Waals surface area contributed by atoms with Crippen molar-refractivity contribution in [3.63, 3.8) is 0 Å². The molecule has 36 heavy (non-hydrogen) atoms. The van der Waals surface area contributed by atoms with Crippen molar-refractivity contribution in [2.24, 2.45) is 0 Å². The molecule has 1 aromatic heterocycles. The predicted octanol–water partition coefficient (Wildman–Crippen LogP) is 2.59. The van der Waals surface area contributed by atoms with Crippen molar-refractivity contribution in [3.8, 4) is 5.75 Å². The maximum atomic E-state index is 13.4. The van der Waals surface area contributed by atoms with Crippen molar-refractivity contribution in [1.29, 1.82) is 0 Å². The second-order valence-corrected chi connectivity index (χ2v) is 10.4. The van der Waals surface area contributed by atoms with E-state index in [4.69, 9.17) is 0 Å². The second-order valence-electron chi connectivity index (χ2n) is 8.69. The second kappa shape index (κ2) is 8.36. The number of anilines is 3. The van der Waals surface area contributed by atoms with Gasteiger partial charge in [0.2, 0.25) is 15.9 Å². The number of halogens is 3. The third-order valence-electron chi connectivity index (χ3n) is 5.64. The smallest absolute Gasteiger partial charge is 0.404 e. The molecule has 11 nitrogen and oxygen atoms in total. The number of benzene rings is 1. The molecule has 0 saturated carbocycles. The standard InChI is InChI=1S/C21H20F3N5O6S/c1-20(2)18(31)29(12-4-5-15(35-21(22,23)24)14(8-12)27-36(3,33)34)19(32)28(20)10-11-6-7-25-17-13(11)9-16(30)26-17/h4-8,27H,9-10H2,1-3H3,(H,25,26,30). The van der Waals surface area contributed by atoms with Crippen LogP contribution in [0.2, 0.25) is 0 Å². The molecule has 0 aliphatic carbocycles. The van der Waals surface area contributed by atoms with Gasteiger partial charge < -0.3 is 15.0 Å². The quantitative estimate of drug-likeness (QED) is 0.551. The number of ether oxygens (including phenoxy) is 1. The summed E-state index contributed by atoms with van der Waals surface area (Å²) in [4.78, 5) is 44.5. The molecule has 1 fully saturated rings. The maximum absolute atomic E-state index is 13.4. The molecule has 2 aliphatic rings. The molecule has 1 aromatic carbocycles. The molecule has 1 saturated heterocycles. The summed E-state index contributed by atoms with van der Waals surface area (Å²) in [5.74, 6) is -1.46. The Morgan fingerprint density at radius 2 is 1.89 bits per heavy atom. The number of hydrogen-bond acceptors (Lipinski definition) is 7. The Kier molecular flexibility index (Phi) is 5.86. The number of alkyl halides is 3. The molecular formula is C21H20F3N5O6S. The van der Waals surface area contributed by atoms with E-state index in [9.17, 15) is 36.0 Å². The Balaban J connectivity index is 1.71. The van der Waals surface area contributed by atoms with Crippen molar-refractivity contribution < 1.29 is 40.7 Å². The Labute approximate surface area is 203 Å². The highest BCUT2D eigenvalue weighted by atomic mass is 32.2. The van der Waals surface area contributed by atoms with Gasteiger partial charge in [0.1, 0.15) is 11.4 Å². The van der Waals surface area contributed by atoms with E-state index in [-0.39, 0.29) is 24.6 Å². The van der Waals surface area contributed by atoms with Crippen molar-refractivity contribution >= 4 is 45.1 Å². The summed E-state index contributed by atoms with van der Waals surface area (Å²) in [5.41, 5.74) is -0.985. The number of hydrogen-bond donors (Lipinski definition) is 2. The summed E-state index contributed by atoms with van der Waals surface area (Å²) in [6.45, 7) is 2.93. The summed E-state index contributed by atoms with van der Waals surface area (Å²) in [7, 11) is -4.04. The average molecular weight is 527 g/mol. The third kappa shape index (κ3) is 4.78. The topological polar surface area (TPSA) is 138 Å². The van der Waals surface area contributed by atoms with Crippen molar-refractivity contribution in [1.82, 2.24) is 9.88 Å². The maximum Gasteiger partial charge on any atom is 0.573 e. The molecule has 4 amide bonds. The van der Waals surface area contributed by atoms with E-state index in [0.29, 0.717) is 16.9 Å². The van der Waals surface area contributed by atoms with Crippen molar-refractivity contribution in [2.75, 3.05) is 21.2 Å². The number of amides is 4. The fourth-order valence-electron chi connectivity index (χ4n) is 3.97. The fraction of sp³-hybridized carbons (Fsp3) is 0.333. The lowest BCUT2D eigenvalue weighted by Crippen LogP contribution is -2.43. The highest BCUT2D eigenvalue weighted by Crippen LogP contribution is 2.39. The van der Waals surface area contributed by atoms with Gasteiger partial charge in [-0.25, -0.2) is 23.1 Å². The lowest BCUT2D eigenvalue weighted by Gasteiger charge is -2.28. The molecule has 4 rings (SSSR count). The van der Waals surface area contributed by atoms with Gasteiger partial charge in [-0.15, -0.1) is 13.2 Å². The minimum Gasteiger partial charge on any atom is -0.404 e. The Morgan fingerprint density at radius 1 is 1.19 bits per heavy atom. The first-order valence-electron chi connectivity index (χ1n) is 10.4. The van der Waals surface area contributed by atoms with Crippen LogP contribution in [0.4, 0.5) is 35.2 Å². The van der Waals surface area contributed by atoms with Gasteiger partial charge in [-0.3, -0.25) is 14.3 Å². The number of rotatable bonds is 6. The van der Waals surface area contributed by atoms with Crippen LogP contribution >= 0.6 is 0 Å². The van der Waals surface area contributed by atoms with Gasteiger partial charge in [-0.2, -0.15) is 0 Å². The lowest BCUT2D eigenvalue weighted by molar-refractivity contribution is -0.274. The molecule has 0 atom stereocenters. The zero-order valence-corrected chi connectivity index (χ0v) is 20.0. The van der Waals surface area contributed by atoms with Crippen LogP contribution in [0.25, 0.3) is 0 Å². The zero-order valence-electron chi connectivity index (χ0n) is 19.1. The number of fused-ring (bicyclic) bond motifs is 1. The Hall–Kier alpha value is -3.88. The van der Waals surface area contributed by atoms with Crippen LogP contribution in [0.5, 0.6) is 5.75 Å². The molecule has 3 heterocycles. The molecule has 2 N–H and O–H groups in total. The van der Waals surface area contributed by atoms with Crippen LogP contribution in [0, 0.1) is 0 Å². The minimum absolute atomic E-state index is 0.0554. The van der Waals surface area contributed by atoms with E-state index in [1.165, 1.54) is 24.9 Å². The largest absolute Gasteiger partial charge is 0.573 e. The summed E-state index contributed by atoms with van der Waals surface area (Å²) in [6.07, 6.45) is -2.88. The van der Waals surface area contributed by atoms with Crippen LogP contribution in [-0.2, 0) is 32.6 Å². The average Bonchev–Trinajstić information content (AvgIpc) is 3.18. The van der Waals surface area contributed by atoms with E-state index in [2.05, 4.69) is 15.0 Å². The molecule has 0 unspecified atom stereocenters. The van der Waals surface area contributed by atoms with Gasteiger partial charge in [0, 0.05) is 18.3 Å². The number of nitrogens with zero attached hydrogens (tertiary/aromatic N) is 3. The van der Waals surface area contributed by atoms with E-state index in [1.807, 2.05) is 4.72 Å². The molecule has 0 spiro atoms. The van der Waals surface area contributed by atoms with E-state index in [1.54, 1.807) is 6.07 Å². The van der Waals surface area contributed by atoms with E-state index < -0.39 is 45.3 Å². The van der Waals surface area contributed by atoms with Gasteiger partial charge in [0.15, 0.2) is 5.75 Å². The Morgan fingerprint density at radius 3 is 2.53 bits per heavy atom. The molecule has 15 heteroatoms. The van der Waals surface area contributed by atoms with Crippen LogP contribution < -0.4 is 19.7 Å². The molecule has 2 aliphatic heterocycles. The first-order chi connectivity index (χ1) is 16.6. The van der Waals surface area contributed by atoms with Gasteiger partial charge in [0.25, 0.3) is 5.91 Å². The molecule has 0 bridgehead atoms. The third-order valence-corrected chi connectivity index (χ3v) is 6.23. The predicted molar refractivity (Wildman–Crippen MR) is 121 cm³/mol.